The van der Waals surface area contributed by atoms with Crippen molar-refractivity contribution < 1.29 is 23.4 Å². The van der Waals surface area contributed by atoms with Crippen LogP contribution in [-0.4, -0.2) is 22.7 Å². The standard InChI is InChI=1S/C9H8ClF2NO3/c1-2-16-9(15)4-3-5(14)6(8(11)12)13-7(4)10/h3,8,14H,2H2,1H3. The summed E-state index contributed by atoms with van der Waals surface area (Å²) >= 11 is 5.52. The lowest BCUT2D eigenvalue weighted by molar-refractivity contribution is 0.0524. The number of nitrogens with zero attached hydrogens (tertiary/aromatic N) is 1. The van der Waals surface area contributed by atoms with Crippen LogP contribution in [0.1, 0.15) is 29.4 Å². The maximum Gasteiger partial charge on any atom is 0.341 e. The largest absolute Gasteiger partial charge is 0.506 e. The van der Waals surface area contributed by atoms with Crippen molar-refractivity contribution in [2.24, 2.45) is 0 Å². The van der Waals surface area contributed by atoms with Gasteiger partial charge in [0.2, 0.25) is 0 Å². The van der Waals surface area contributed by atoms with Crippen molar-refractivity contribution in [3.63, 3.8) is 0 Å². The van der Waals surface area contributed by atoms with Crippen LogP contribution in [0.3, 0.4) is 0 Å². The van der Waals surface area contributed by atoms with E-state index < -0.39 is 29.0 Å². The second-order valence-electron chi connectivity index (χ2n) is 2.75. The Morgan fingerprint density at radius 2 is 2.31 bits per heavy atom. The summed E-state index contributed by atoms with van der Waals surface area (Å²) in [7, 11) is 0. The molecule has 0 radical (unpaired) electrons. The van der Waals surface area contributed by atoms with E-state index in [9.17, 15) is 18.7 Å². The molecular formula is C9H8ClF2NO3. The lowest BCUT2D eigenvalue weighted by atomic mass is 10.2. The van der Waals surface area contributed by atoms with Gasteiger partial charge in [-0.25, -0.2) is 18.6 Å². The number of halogens is 3. The molecule has 1 aromatic rings. The zero-order valence-corrected chi connectivity index (χ0v) is 8.96. The van der Waals surface area contributed by atoms with Crippen LogP contribution in [0.4, 0.5) is 8.78 Å². The van der Waals surface area contributed by atoms with E-state index in [-0.39, 0.29) is 12.2 Å². The molecule has 0 saturated carbocycles. The van der Waals surface area contributed by atoms with Gasteiger partial charge < -0.3 is 9.84 Å². The summed E-state index contributed by atoms with van der Waals surface area (Å²) in [6, 6.07) is 0.814. The molecule has 0 saturated heterocycles. The van der Waals surface area contributed by atoms with Gasteiger partial charge in [0.25, 0.3) is 6.43 Å². The second kappa shape index (κ2) is 5.07. The van der Waals surface area contributed by atoms with Crippen LogP contribution in [0.25, 0.3) is 0 Å². The maximum atomic E-state index is 12.3. The van der Waals surface area contributed by atoms with E-state index in [1.807, 2.05) is 0 Å². The number of hydrogen-bond donors (Lipinski definition) is 1. The van der Waals surface area contributed by atoms with Crippen molar-refractivity contribution in [3.8, 4) is 5.75 Å². The van der Waals surface area contributed by atoms with Crippen LogP contribution in [0, 0.1) is 0 Å². The van der Waals surface area contributed by atoms with E-state index in [1.165, 1.54) is 0 Å². The number of carbonyl (C=O) groups is 1. The van der Waals surface area contributed by atoms with Gasteiger partial charge in [0.15, 0.2) is 0 Å². The molecule has 0 spiro atoms. The summed E-state index contributed by atoms with van der Waals surface area (Å²) in [4.78, 5) is 14.5. The highest BCUT2D eigenvalue weighted by Crippen LogP contribution is 2.30. The number of alkyl halides is 2. The average Bonchev–Trinajstić information content (AvgIpc) is 2.20. The topological polar surface area (TPSA) is 59.4 Å². The molecule has 0 aliphatic heterocycles. The minimum atomic E-state index is -2.96. The van der Waals surface area contributed by atoms with Gasteiger partial charge in [-0.3, -0.25) is 0 Å². The second-order valence-corrected chi connectivity index (χ2v) is 3.11. The molecule has 7 heteroatoms. The fourth-order valence-corrected chi connectivity index (χ4v) is 1.23. The molecule has 88 valence electrons. The molecule has 1 heterocycles. The molecule has 16 heavy (non-hydrogen) atoms. The monoisotopic (exact) mass is 251 g/mol. The predicted octanol–water partition coefficient (Wildman–Crippen LogP) is 2.55. The zero-order valence-electron chi connectivity index (χ0n) is 8.21. The number of aromatic hydroxyl groups is 1. The average molecular weight is 252 g/mol. The molecule has 0 unspecified atom stereocenters. The number of ether oxygens (including phenoxy) is 1. The molecule has 1 rings (SSSR count). The molecule has 1 N–H and O–H groups in total. The molecule has 0 aliphatic carbocycles. The summed E-state index contributed by atoms with van der Waals surface area (Å²) in [6.07, 6.45) is -2.96. The van der Waals surface area contributed by atoms with Crippen LogP contribution in [0.15, 0.2) is 6.07 Å². The Bertz CT molecular complexity index is 412. The number of hydrogen-bond acceptors (Lipinski definition) is 4. The summed E-state index contributed by atoms with van der Waals surface area (Å²) in [5.74, 6) is -1.61. The Morgan fingerprint density at radius 3 is 2.81 bits per heavy atom. The SMILES string of the molecule is CCOC(=O)c1cc(O)c(C(F)F)nc1Cl. The number of carbonyl (C=O) groups excluding carboxylic acids is 1. The quantitative estimate of drug-likeness (QED) is 0.662. The Balaban J connectivity index is 3.15. The fraction of sp³-hybridized carbons (Fsp3) is 0.333. The third-order valence-electron chi connectivity index (χ3n) is 1.69. The number of pyridine rings is 1. The highest BCUT2D eigenvalue weighted by Gasteiger charge is 2.21. The highest BCUT2D eigenvalue weighted by molar-refractivity contribution is 6.32. The fourth-order valence-electron chi connectivity index (χ4n) is 1.01. The first-order chi connectivity index (χ1) is 7.47. The van der Waals surface area contributed by atoms with Crippen LogP contribution in [0.2, 0.25) is 5.15 Å². The first-order valence-corrected chi connectivity index (χ1v) is 4.69. The van der Waals surface area contributed by atoms with Gasteiger partial charge in [-0.05, 0) is 13.0 Å². The predicted molar refractivity (Wildman–Crippen MR) is 51.8 cm³/mol. The van der Waals surface area contributed by atoms with Gasteiger partial charge in [0.05, 0.1) is 6.61 Å². The van der Waals surface area contributed by atoms with Crippen molar-refractivity contribution in [2.75, 3.05) is 6.61 Å². The minimum absolute atomic E-state index is 0.104. The van der Waals surface area contributed by atoms with Gasteiger partial charge in [-0.2, -0.15) is 0 Å². The molecule has 1 aromatic heterocycles. The third kappa shape index (κ3) is 2.57. The summed E-state index contributed by atoms with van der Waals surface area (Å²) in [5, 5.41) is 8.77. The van der Waals surface area contributed by atoms with Crippen molar-refractivity contribution in [1.82, 2.24) is 4.98 Å². The Labute approximate surface area is 94.8 Å². The molecule has 4 nitrogen and oxygen atoms in total. The van der Waals surface area contributed by atoms with E-state index in [0.29, 0.717) is 0 Å². The Morgan fingerprint density at radius 1 is 1.69 bits per heavy atom. The number of rotatable bonds is 3. The normalized spacial score (nSPS) is 10.6. The van der Waals surface area contributed by atoms with Gasteiger partial charge in [-0.15, -0.1) is 0 Å². The third-order valence-corrected chi connectivity index (χ3v) is 1.97. The summed E-state index contributed by atoms with van der Waals surface area (Å²) < 4.78 is 29.2. The Hall–Kier alpha value is -1.43. The summed E-state index contributed by atoms with van der Waals surface area (Å²) in [5.41, 5.74) is -1.11. The molecular weight excluding hydrogens is 244 g/mol. The summed E-state index contributed by atoms with van der Waals surface area (Å²) in [6.45, 7) is 1.68. The molecule has 0 amide bonds. The van der Waals surface area contributed by atoms with Gasteiger partial charge >= 0.3 is 5.97 Å². The van der Waals surface area contributed by atoms with Crippen molar-refractivity contribution in [1.29, 1.82) is 0 Å². The van der Waals surface area contributed by atoms with Gasteiger partial charge in [0.1, 0.15) is 22.2 Å². The van der Waals surface area contributed by atoms with Crippen LogP contribution in [-0.2, 0) is 4.74 Å². The zero-order chi connectivity index (χ0) is 12.3. The lowest BCUT2D eigenvalue weighted by Crippen LogP contribution is -2.07. The molecule has 0 atom stereocenters. The molecule has 0 aliphatic rings. The first-order valence-electron chi connectivity index (χ1n) is 4.32. The van der Waals surface area contributed by atoms with Crippen LogP contribution < -0.4 is 0 Å². The van der Waals surface area contributed by atoms with Crippen molar-refractivity contribution in [2.45, 2.75) is 13.3 Å². The van der Waals surface area contributed by atoms with E-state index in [2.05, 4.69) is 9.72 Å². The molecule has 0 bridgehead atoms. The first kappa shape index (κ1) is 12.6. The van der Waals surface area contributed by atoms with Gasteiger partial charge in [-0.1, -0.05) is 11.6 Å². The van der Waals surface area contributed by atoms with Crippen molar-refractivity contribution >= 4 is 17.6 Å². The highest BCUT2D eigenvalue weighted by atomic mass is 35.5. The minimum Gasteiger partial charge on any atom is -0.506 e. The van der Waals surface area contributed by atoms with Crippen molar-refractivity contribution in [3.05, 3.63) is 22.5 Å². The van der Waals surface area contributed by atoms with E-state index >= 15 is 0 Å². The Kier molecular flexibility index (Phi) is 4.00. The molecule has 0 aromatic carbocycles. The van der Waals surface area contributed by atoms with Crippen LogP contribution in [0.5, 0.6) is 5.75 Å². The van der Waals surface area contributed by atoms with Gasteiger partial charge in [0, 0.05) is 0 Å². The smallest absolute Gasteiger partial charge is 0.341 e. The number of esters is 1. The van der Waals surface area contributed by atoms with E-state index in [1.54, 1.807) is 6.92 Å². The number of aromatic nitrogens is 1. The molecule has 0 fully saturated rings. The van der Waals surface area contributed by atoms with Crippen LogP contribution >= 0.6 is 11.6 Å². The maximum absolute atomic E-state index is 12.3. The van der Waals surface area contributed by atoms with E-state index in [0.717, 1.165) is 6.07 Å². The van der Waals surface area contributed by atoms with E-state index in [4.69, 9.17) is 11.6 Å². The lowest BCUT2D eigenvalue weighted by Gasteiger charge is -2.07.